The van der Waals surface area contributed by atoms with Crippen LogP contribution >= 0.6 is 47.2 Å². The average Bonchev–Trinajstić information content (AvgIpc) is 3.16. The second-order valence-corrected chi connectivity index (χ2v) is 7.92. The molecule has 0 bridgehead atoms. The smallest absolute Gasteiger partial charge is 0.326 e. The number of rotatable bonds is 5. The van der Waals surface area contributed by atoms with E-state index in [-0.39, 0.29) is 19.1 Å². The van der Waals surface area contributed by atoms with Gasteiger partial charge in [0.2, 0.25) is 0 Å². The van der Waals surface area contributed by atoms with Gasteiger partial charge in [0.1, 0.15) is 22.4 Å². The number of ether oxygens (including phenoxy) is 1. The summed E-state index contributed by atoms with van der Waals surface area (Å²) in [5.74, 6) is 0.144. The van der Waals surface area contributed by atoms with Crippen LogP contribution in [-0.2, 0) is 14.3 Å². The van der Waals surface area contributed by atoms with Crippen LogP contribution in [0, 0.1) is 0 Å². The maximum absolute atomic E-state index is 12.5. The third-order valence-corrected chi connectivity index (χ3v) is 5.49. The van der Waals surface area contributed by atoms with Gasteiger partial charge in [-0.2, -0.15) is 0 Å². The number of thioether (sulfide) groups is 1. The first kappa shape index (κ1) is 19.9. The fourth-order valence-corrected chi connectivity index (χ4v) is 4.10. The molecule has 1 fully saturated rings. The fraction of sp³-hybridized carbons (Fsp3) is 0.167. The van der Waals surface area contributed by atoms with Crippen LogP contribution in [0.1, 0.15) is 12.7 Å². The van der Waals surface area contributed by atoms with E-state index in [1.165, 1.54) is 4.90 Å². The number of carbonyl (C=O) groups excluding carboxylic acids is 2. The van der Waals surface area contributed by atoms with Crippen LogP contribution in [-0.4, -0.2) is 34.2 Å². The van der Waals surface area contributed by atoms with E-state index in [1.54, 1.807) is 43.3 Å². The van der Waals surface area contributed by atoms with Gasteiger partial charge in [-0.25, -0.2) is 0 Å². The van der Waals surface area contributed by atoms with Gasteiger partial charge in [-0.05, 0) is 37.3 Å². The molecule has 0 radical (unpaired) electrons. The molecule has 140 valence electrons. The number of benzene rings is 1. The van der Waals surface area contributed by atoms with Crippen LogP contribution in [0.2, 0.25) is 10.0 Å². The van der Waals surface area contributed by atoms with E-state index in [0.29, 0.717) is 36.4 Å². The molecule has 1 aliphatic rings. The third-order valence-electron chi connectivity index (χ3n) is 3.56. The van der Waals surface area contributed by atoms with Crippen LogP contribution < -0.4 is 0 Å². The van der Waals surface area contributed by atoms with Crippen molar-refractivity contribution in [2.75, 3.05) is 13.2 Å². The summed E-state index contributed by atoms with van der Waals surface area (Å²) >= 11 is 18.4. The third kappa shape index (κ3) is 4.55. The van der Waals surface area contributed by atoms with Crippen molar-refractivity contribution in [1.29, 1.82) is 0 Å². The Kier molecular flexibility index (Phi) is 6.26. The van der Waals surface area contributed by atoms with Crippen LogP contribution in [0.25, 0.3) is 17.4 Å². The van der Waals surface area contributed by atoms with Crippen LogP contribution in [0.5, 0.6) is 0 Å². The van der Waals surface area contributed by atoms with Crippen LogP contribution in [0.4, 0.5) is 0 Å². The van der Waals surface area contributed by atoms with E-state index in [0.717, 1.165) is 11.8 Å². The first-order chi connectivity index (χ1) is 12.9. The summed E-state index contributed by atoms with van der Waals surface area (Å²) in [4.78, 5) is 25.7. The van der Waals surface area contributed by atoms with Gasteiger partial charge in [0.25, 0.3) is 5.91 Å². The van der Waals surface area contributed by atoms with E-state index in [1.807, 2.05) is 0 Å². The van der Waals surface area contributed by atoms with Crippen molar-refractivity contribution in [2.45, 2.75) is 6.92 Å². The zero-order valence-electron chi connectivity index (χ0n) is 14.0. The molecule has 3 rings (SSSR count). The zero-order valence-corrected chi connectivity index (χ0v) is 17.2. The first-order valence-corrected chi connectivity index (χ1v) is 9.83. The second-order valence-electron chi connectivity index (χ2n) is 5.40. The van der Waals surface area contributed by atoms with E-state index < -0.39 is 5.97 Å². The predicted molar refractivity (Wildman–Crippen MR) is 111 cm³/mol. The molecule has 1 aromatic carbocycles. The van der Waals surface area contributed by atoms with Gasteiger partial charge in [0.15, 0.2) is 0 Å². The topological polar surface area (TPSA) is 59.8 Å². The Hall–Kier alpha value is -1.80. The zero-order chi connectivity index (χ0) is 19.6. The van der Waals surface area contributed by atoms with Gasteiger partial charge < -0.3 is 9.15 Å². The molecule has 0 unspecified atom stereocenters. The van der Waals surface area contributed by atoms with Gasteiger partial charge in [0.05, 0.1) is 16.5 Å². The number of hydrogen-bond donors (Lipinski definition) is 0. The number of hydrogen-bond acceptors (Lipinski definition) is 6. The van der Waals surface area contributed by atoms with Gasteiger partial charge in [0, 0.05) is 16.7 Å². The molecule has 1 saturated heterocycles. The van der Waals surface area contributed by atoms with Crippen molar-refractivity contribution in [3.05, 3.63) is 51.0 Å². The Balaban J connectivity index is 1.79. The molecule has 27 heavy (non-hydrogen) atoms. The molecule has 1 amide bonds. The molecule has 0 N–H and O–H groups in total. The molecule has 1 aliphatic heterocycles. The van der Waals surface area contributed by atoms with Gasteiger partial charge in [-0.3, -0.25) is 14.5 Å². The van der Waals surface area contributed by atoms with E-state index >= 15 is 0 Å². The SMILES string of the molecule is CCOC(=O)CN1C(=O)C(=Cc2ccc(-c3ccc(Cl)cc3Cl)o2)SC1=S. The molecule has 5 nitrogen and oxygen atoms in total. The van der Waals surface area contributed by atoms with Crippen LogP contribution in [0.15, 0.2) is 39.7 Å². The van der Waals surface area contributed by atoms with Crippen molar-refractivity contribution in [1.82, 2.24) is 4.90 Å². The van der Waals surface area contributed by atoms with Gasteiger partial charge in [-0.15, -0.1) is 0 Å². The monoisotopic (exact) mass is 441 g/mol. The van der Waals surface area contributed by atoms with Crippen molar-refractivity contribution >= 4 is 69.5 Å². The molecule has 2 aromatic rings. The summed E-state index contributed by atoms with van der Waals surface area (Å²) in [6.45, 7) is 1.73. The predicted octanol–water partition coefficient (Wildman–Crippen LogP) is 5.02. The Morgan fingerprint density at radius 2 is 2.11 bits per heavy atom. The number of furan rings is 1. The normalized spacial score (nSPS) is 15.7. The summed E-state index contributed by atoms with van der Waals surface area (Å²) in [5, 5.41) is 0.991. The minimum absolute atomic E-state index is 0.209. The highest BCUT2D eigenvalue weighted by molar-refractivity contribution is 8.26. The van der Waals surface area contributed by atoms with Crippen molar-refractivity contribution < 1.29 is 18.7 Å². The molecular weight excluding hydrogens is 429 g/mol. The highest BCUT2D eigenvalue weighted by Gasteiger charge is 2.34. The standard InChI is InChI=1S/C18H13Cl2NO4S2/c1-2-24-16(22)9-21-17(23)15(27-18(21)26)8-11-4-6-14(25-11)12-5-3-10(19)7-13(12)20/h3-8H,2,9H2,1H3. The van der Waals surface area contributed by atoms with Gasteiger partial charge in [-0.1, -0.05) is 47.2 Å². The number of carbonyl (C=O) groups is 2. The summed E-state index contributed by atoms with van der Waals surface area (Å²) < 4.78 is 10.9. The number of thiocarbonyl (C=S) groups is 1. The van der Waals surface area contributed by atoms with Crippen LogP contribution in [0.3, 0.4) is 0 Å². The molecule has 0 saturated carbocycles. The molecule has 2 heterocycles. The largest absolute Gasteiger partial charge is 0.465 e. The summed E-state index contributed by atoms with van der Waals surface area (Å²) in [6.07, 6.45) is 1.58. The lowest BCUT2D eigenvalue weighted by Crippen LogP contribution is -2.34. The van der Waals surface area contributed by atoms with Crippen molar-refractivity contribution in [3.63, 3.8) is 0 Å². The first-order valence-electron chi connectivity index (χ1n) is 7.85. The molecule has 1 aromatic heterocycles. The molecule has 0 spiro atoms. The maximum atomic E-state index is 12.5. The average molecular weight is 442 g/mol. The lowest BCUT2D eigenvalue weighted by Gasteiger charge is -2.12. The van der Waals surface area contributed by atoms with Crippen molar-refractivity contribution in [3.8, 4) is 11.3 Å². The van der Waals surface area contributed by atoms with Gasteiger partial charge >= 0.3 is 5.97 Å². The number of amides is 1. The summed E-state index contributed by atoms with van der Waals surface area (Å²) in [6, 6.07) is 8.57. The van der Waals surface area contributed by atoms with E-state index in [4.69, 9.17) is 44.6 Å². The Labute approximate surface area is 175 Å². The number of halogens is 2. The fourth-order valence-electron chi connectivity index (χ4n) is 2.37. The number of esters is 1. The lowest BCUT2D eigenvalue weighted by molar-refractivity contribution is -0.145. The van der Waals surface area contributed by atoms with Crippen molar-refractivity contribution in [2.24, 2.45) is 0 Å². The highest BCUT2D eigenvalue weighted by Crippen LogP contribution is 2.35. The van der Waals surface area contributed by atoms with E-state index in [2.05, 4.69) is 0 Å². The quantitative estimate of drug-likeness (QED) is 0.368. The highest BCUT2D eigenvalue weighted by atomic mass is 35.5. The molecular formula is C18H13Cl2NO4S2. The number of nitrogens with zero attached hydrogens (tertiary/aromatic N) is 1. The Bertz CT molecular complexity index is 955. The Morgan fingerprint density at radius 1 is 1.33 bits per heavy atom. The lowest BCUT2D eigenvalue weighted by atomic mass is 10.2. The molecule has 0 atom stereocenters. The summed E-state index contributed by atoms with van der Waals surface area (Å²) in [7, 11) is 0. The van der Waals surface area contributed by atoms with E-state index in [9.17, 15) is 9.59 Å². The molecule has 0 aliphatic carbocycles. The Morgan fingerprint density at radius 3 is 2.81 bits per heavy atom. The minimum Gasteiger partial charge on any atom is -0.465 e. The second kappa shape index (κ2) is 8.48. The molecule has 9 heteroatoms. The minimum atomic E-state index is -0.507. The maximum Gasteiger partial charge on any atom is 0.326 e. The summed E-state index contributed by atoms with van der Waals surface area (Å²) in [5.41, 5.74) is 0.690.